The highest BCUT2D eigenvalue weighted by Crippen LogP contribution is 2.20. The van der Waals surface area contributed by atoms with Gasteiger partial charge < -0.3 is 9.47 Å². The predicted molar refractivity (Wildman–Crippen MR) is 99.6 cm³/mol. The molecule has 0 heterocycles. The molecular weight excluding hydrogens is 340 g/mol. The van der Waals surface area contributed by atoms with E-state index in [-0.39, 0.29) is 12.5 Å². The first-order chi connectivity index (χ1) is 12.1. The fraction of sp³-hybridized carbons (Fsp3) is 0.158. The first kappa shape index (κ1) is 18.5. The summed E-state index contributed by atoms with van der Waals surface area (Å²) >= 11 is 5.94. The molecule has 0 aliphatic heterocycles. The number of ether oxygens (including phenoxy) is 2. The largest absolute Gasteiger partial charge is 0.489 e. The van der Waals surface area contributed by atoms with Crippen molar-refractivity contribution in [2.24, 2.45) is 5.10 Å². The topological polar surface area (TPSA) is 59.9 Å². The second kappa shape index (κ2) is 9.49. The second-order valence-electron chi connectivity index (χ2n) is 5.13. The Labute approximate surface area is 151 Å². The van der Waals surface area contributed by atoms with Crippen molar-refractivity contribution in [1.29, 1.82) is 0 Å². The van der Waals surface area contributed by atoms with Gasteiger partial charge in [-0.05, 0) is 42.8 Å². The van der Waals surface area contributed by atoms with E-state index in [2.05, 4.69) is 17.1 Å². The fourth-order valence-corrected chi connectivity index (χ4v) is 2.05. The summed E-state index contributed by atoms with van der Waals surface area (Å²) in [5, 5.41) is 4.57. The number of carbonyl (C=O) groups excluding carboxylic acids is 1. The number of aryl methyl sites for hydroxylation is 1. The zero-order chi connectivity index (χ0) is 18.1. The first-order valence-electron chi connectivity index (χ1n) is 7.63. The number of hydrogen-bond acceptors (Lipinski definition) is 4. The fourth-order valence-electron chi connectivity index (χ4n) is 1.93. The van der Waals surface area contributed by atoms with Crippen LogP contribution in [0.2, 0.25) is 5.02 Å². The van der Waals surface area contributed by atoms with Gasteiger partial charge in [-0.25, -0.2) is 5.43 Å². The van der Waals surface area contributed by atoms with Gasteiger partial charge in [0.2, 0.25) is 0 Å². The molecule has 0 unspecified atom stereocenters. The molecule has 0 bridgehead atoms. The normalized spacial score (nSPS) is 10.5. The number of benzene rings is 2. The van der Waals surface area contributed by atoms with E-state index in [1.807, 2.05) is 31.2 Å². The zero-order valence-electron chi connectivity index (χ0n) is 13.9. The molecule has 1 amide bonds. The molecule has 2 rings (SSSR count). The van der Waals surface area contributed by atoms with Gasteiger partial charge in [-0.1, -0.05) is 36.4 Å². The average molecular weight is 359 g/mol. The van der Waals surface area contributed by atoms with E-state index in [9.17, 15) is 4.79 Å². The van der Waals surface area contributed by atoms with Crippen molar-refractivity contribution in [3.8, 4) is 11.5 Å². The molecule has 5 nitrogen and oxygen atoms in total. The number of para-hydroxylation sites is 1. The molecule has 0 saturated carbocycles. The first-order valence-corrected chi connectivity index (χ1v) is 8.01. The van der Waals surface area contributed by atoms with Crippen LogP contribution in [0.3, 0.4) is 0 Å². The molecule has 6 heteroatoms. The predicted octanol–water partition coefficient (Wildman–Crippen LogP) is 3.74. The smallest absolute Gasteiger partial charge is 0.277 e. The van der Waals surface area contributed by atoms with Gasteiger partial charge in [0.15, 0.2) is 6.61 Å². The van der Waals surface area contributed by atoms with Crippen LogP contribution >= 0.6 is 11.6 Å². The Hall–Kier alpha value is -2.79. The van der Waals surface area contributed by atoms with Gasteiger partial charge in [0, 0.05) is 10.6 Å². The van der Waals surface area contributed by atoms with Crippen molar-refractivity contribution in [2.75, 3.05) is 13.2 Å². The molecule has 0 fully saturated rings. The number of nitrogens with one attached hydrogen (secondary N) is 1. The van der Waals surface area contributed by atoms with Crippen LogP contribution in [0.25, 0.3) is 0 Å². The standard InChI is InChI=1S/C19H19ClN2O3/c1-3-10-24-18-7-5-4-6-15(18)12-21-22-19(23)13-25-16-8-9-17(20)14(2)11-16/h3-9,11-12H,1,10,13H2,2H3,(H,22,23)/b21-12+. The molecule has 2 aromatic rings. The molecule has 130 valence electrons. The van der Waals surface area contributed by atoms with Crippen molar-refractivity contribution in [3.05, 3.63) is 71.3 Å². The highest BCUT2D eigenvalue weighted by molar-refractivity contribution is 6.31. The van der Waals surface area contributed by atoms with Crippen LogP contribution in [0.15, 0.2) is 60.2 Å². The third kappa shape index (κ3) is 5.97. The van der Waals surface area contributed by atoms with Gasteiger partial charge in [0.05, 0.1) is 6.21 Å². The molecule has 2 aromatic carbocycles. The zero-order valence-corrected chi connectivity index (χ0v) is 14.6. The average Bonchev–Trinajstić information content (AvgIpc) is 2.62. The third-order valence-corrected chi connectivity index (χ3v) is 3.59. The molecule has 0 spiro atoms. The van der Waals surface area contributed by atoms with Gasteiger partial charge in [0.25, 0.3) is 5.91 Å². The Balaban J connectivity index is 1.86. The molecule has 0 saturated heterocycles. The highest BCUT2D eigenvalue weighted by atomic mass is 35.5. The van der Waals surface area contributed by atoms with E-state index in [0.717, 1.165) is 11.1 Å². The number of hydrazone groups is 1. The van der Waals surface area contributed by atoms with Gasteiger partial charge in [-0.2, -0.15) is 5.10 Å². The number of carbonyl (C=O) groups is 1. The summed E-state index contributed by atoms with van der Waals surface area (Å²) in [4.78, 5) is 11.8. The van der Waals surface area contributed by atoms with Gasteiger partial charge in [-0.15, -0.1) is 0 Å². The maximum Gasteiger partial charge on any atom is 0.277 e. The summed E-state index contributed by atoms with van der Waals surface area (Å²) in [6.07, 6.45) is 3.17. The van der Waals surface area contributed by atoms with Crippen LogP contribution in [0, 0.1) is 6.92 Å². The molecular formula is C19H19ClN2O3. The quantitative estimate of drug-likeness (QED) is 0.444. The molecule has 1 N–H and O–H groups in total. The van der Waals surface area contributed by atoms with Crippen molar-refractivity contribution in [3.63, 3.8) is 0 Å². The van der Waals surface area contributed by atoms with Crippen molar-refractivity contribution < 1.29 is 14.3 Å². The van der Waals surface area contributed by atoms with Crippen molar-refractivity contribution in [2.45, 2.75) is 6.92 Å². The maximum absolute atomic E-state index is 11.8. The second-order valence-corrected chi connectivity index (χ2v) is 5.54. The van der Waals surface area contributed by atoms with E-state index < -0.39 is 0 Å². The lowest BCUT2D eigenvalue weighted by Crippen LogP contribution is -2.24. The lowest BCUT2D eigenvalue weighted by atomic mass is 10.2. The highest BCUT2D eigenvalue weighted by Gasteiger charge is 2.04. The number of amides is 1. The number of halogens is 1. The summed E-state index contributed by atoms with van der Waals surface area (Å²) < 4.78 is 10.9. The lowest BCUT2D eigenvalue weighted by molar-refractivity contribution is -0.123. The number of rotatable bonds is 8. The van der Waals surface area contributed by atoms with Gasteiger partial charge in [-0.3, -0.25) is 4.79 Å². The van der Waals surface area contributed by atoms with E-state index >= 15 is 0 Å². The van der Waals surface area contributed by atoms with E-state index in [4.69, 9.17) is 21.1 Å². The minimum absolute atomic E-state index is 0.146. The number of hydrogen-bond donors (Lipinski definition) is 1. The molecule has 0 aliphatic rings. The minimum atomic E-state index is -0.367. The van der Waals surface area contributed by atoms with Crippen LogP contribution in [0.5, 0.6) is 11.5 Å². The number of nitrogens with zero attached hydrogens (tertiary/aromatic N) is 1. The summed E-state index contributed by atoms with van der Waals surface area (Å²) in [6.45, 7) is 5.72. The van der Waals surface area contributed by atoms with Gasteiger partial charge in [0.1, 0.15) is 18.1 Å². The maximum atomic E-state index is 11.8. The van der Waals surface area contributed by atoms with Crippen LogP contribution in [0.1, 0.15) is 11.1 Å². The Morgan fingerprint density at radius 2 is 2.08 bits per heavy atom. The van der Waals surface area contributed by atoms with Crippen molar-refractivity contribution >= 4 is 23.7 Å². The Kier molecular flexibility index (Phi) is 7.04. The molecule has 0 aliphatic carbocycles. The summed E-state index contributed by atoms with van der Waals surface area (Å²) in [6, 6.07) is 12.6. The van der Waals surface area contributed by atoms with Crippen LogP contribution < -0.4 is 14.9 Å². The third-order valence-electron chi connectivity index (χ3n) is 3.17. The summed E-state index contributed by atoms with van der Waals surface area (Å²) in [7, 11) is 0. The lowest BCUT2D eigenvalue weighted by Gasteiger charge is -2.07. The van der Waals surface area contributed by atoms with Crippen LogP contribution in [-0.4, -0.2) is 25.3 Å². The van der Waals surface area contributed by atoms with Crippen molar-refractivity contribution in [1.82, 2.24) is 5.43 Å². The van der Waals surface area contributed by atoms with Crippen LogP contribution in [0.4, 0.5) is 0 Å². The summed E-state index contributed by atoms with van der Waals surface area (Å²) in [5.74, 6) is 0.867. The van der Waals surface area contributed by atoms with E-state index in [1.165, 1.54) is 6.21 Å². The molecule has 0 radical (unpaired) electrons. The van der Waals surface area contributed by atoms with E-state index in [1.54, 1.807) is 24.3 Å². The van der Waals surface area contributed by atoms with Crippen LogP contribution in [-0.2, 0) is 4.79 Å². The Morgan fingerprint density at radius 3 is 2.84 bits per heavy atom. The van der Waals surface area contributed by atoms with Gasteiger partial charge >= 0.3 is 0 Å². The minimum Gasteiger partial charge on any atom is -0.489 e. The monoisotopic (exact) mass is 358 g/mol. The SMILES string of the molecule is C=CCOc1ccccc1/C=N/NC(=O)COc1ccc(Cl)c(C)c1. The molecule has 0 aromatic heterocycles. The molecule has 0 atom stereocenters. The molecule has 25 heavy (non-hydrogen) atoms. The Morgan fingerprint density at radius 1 is 1.28 bits per heavy atom. The summed E-state index contributed by atoms with van der Waals surface area (Å²) in [5.41, 5.74) is 4.05. The van der Waals surface area contributed by atoms with E-state index in [0.29, 0.717) is 23.1 Å². The Bertz CT molecular complexity index is 775.